The lowest BCUT2D eigenvalue weighted by atomic mass is 10.2. The first kappa shape index (κ1) is 20.3. The van der Waals surface area contributed by atoms with Crippen molar-refractivity contribution in [2.45, 2.75) is 39.0 Å². The average molecular weight is 400 g/mol. The fourth-order valence-corrected chi connectivity index (χ4v) is 4.10. The molecule has 0 saturated heterocycles. The Morgan fingerprint density at radius 1 is 1.18 bits per heavy atom. The third-order valence-corrected chi connectivity index (χ3v) is 5.66. The highest BCUT2D eigenvalue weighted by atomic mass is 32.2. The largest absolute Gasteiger partial charge is 0.383 e. The minimum Gasteiger partial charge on any atom is -0.383 e. The van der Waals surface area contributed by atoms with Gasteiger partial charge in [0.1, 0.15) is 0 Å². The van der Waals surface area contributed by atoms with Gasteiger partial charge < -0.3 is 13.9 Å². The van der Waals surface area contributed by atoms with Crippen LogP contribution in [-0.4, -0.2) is 49.6 Å². The second-order valence-electron chi connectivity index (χ2n) is 6.43. The molecule has 3 aromatic rings. The van der Waals surface area contributed by atoms with Gasteiger partial charge in [0, 0.05) is 55.1 Å². The molecule has 28 heavy (non-hydrogen) atoms. The third-order valence-electron chi connectivity index (χ3n) is 4.70. The van der Waals surface area contributed by atoms with E-state index in [-0.39, 0.29) is 5.78 Å². The van der Waals surface area contributed by atoms with E-state index in [2.05, 4.69) is 19.7 Å². The van der Waals surface area contributed by atoms with E-state index < -0.39 is 0 Å². The van der Waals surface area contributed by atoms with E-state index in [4.69, 9.17) is 4.74 Å². The third kappa shape index (κ3) is 4.18. The van der Waals surface area contributed by atoms with Crippen molar-refractivity contribution in [3.05, 3.63) is 47.5 Å². The first-order chi connectivity index (χ1) is 13.6. The van der Waals surface area contributed by atoms with Crippen LogP contribution >= 0.6 is 11.8 Å². The topological polar surface area (TPSA) is 74.8 Å². The van der Waals surface area contributed by atoms with Crippen LogP contribution in [0.15, 0.2) is 35.7 Å². The van der Waals surface area contributed by atoms with Crippen molar-refractivity contribution < 1.29 is 9.53 Å². The van der Waals surface area contributed by atoms with Gasteiger partial charge in [-0.05, 0) is 39.0 Å². The zero-order valence-corrected chi connectivity index (χ0v) is 17.5. The zero-order valence-electron chi connectivity index (χ0n) is 16.7. The highest BCUT2D eigenvalue weighted by molar-refractivity contribution is 7.99. The molecule has 0 amide bonds. The highest BCUT2D eigenvalue weighted by Crippen LogP contribution is 2.25. The van der Waals surface area contributed by atoms with Crippen LogP contribution in [0.5, 0.6) is 0 Å². The first-order valence-corrected chi connectivity index (χ1v) is 10.2. The van der Waals surface area contributed by atoms with E-state index in [1.807, 2.05) is 43.5 Å². The summed E-state index contributed by atoms with van der Waals surface area (Å²) in [5, 5.41) is 9.35. The predicted octanol–water partition coefficient (Wildman–Crippen LogP) is 3.40. The number of pyridine rings is 1. The molecule has 7 nitrogen and oxygen atoms in total. The second-order valence-corrected chi connectivity index (χ2v) is 7.37. The number of ketones is 1. The van der Waals surface area contributed by atoms with Crippen molar-refractivity contribution in [2.75, 3.05) is 19.5 Å². The van der Waals surface area contributed by atoms with Crippen LogP contribution in [0.1, 0.15) is 28.7 Å². The number of aryl methyl sites for hydroxylation is 1. The van der Waals surface area contributed by atoms with Crippen LogP contribution in [0.2, 0.25) is 0 Å². The zero-order chi connectivity index (χ0) is 20.1. The maximum absolute atomic E-state index is 12.8. The van der Waals surface area contributed by atoms with Gasteiger partial charge in [-0.25, -0.2) is 0 Å². The van der Waals surface area contributed by atoms with Crippen LogP contribution in [0.25, 0.3) is 11.4 Å². The van der Waals surface area contributed by atoms with Crippen molar-refractivity contribution in [3.63, 3.8) is 0 Å². The molecule has 0 aliphatic rings. The summed E-state index contributed by atoms with van der Waals surface area (Å²) < 4.78 is 9.31. The molecule has 8 heteroatoms. The lowest BCUT2D eigenvalue weighted by Gasteiger charge is -2.09. The van der Waals surface area contributed by atoms with Crippen molar-refractivity contribution in [1.82, 2.24) is 24.3 Å². The molecule has 0 aromatic carbocycles. The predicted molar refractivity (Wildman–Crippen MR) is 110 cm³/mol. The van der Waals surface area contributed by atoms with Gasteiger partial charge in [-0.15, -0.1) is 10.2 Å². The quantitative estimate of drug-likeness (QED) is 0.405. The number of aromatic nitrogens is 5. The van der Waals surface area contributed by atoms with E-state index >= 15 is 0 Å². The van der Waals surface area contributed by atoms with Crippen molar-refractivity contribution in [1.29, 1.82) is 0 Å². The van der Waals surface area contributed by atoms with Crippen LogP contribution in [0, 0.1) is 13.8 Å². The fourth-order valence-electron chi connectivity index (χ4n) is 3.21. The SMILES string of the molecule is CCn1c(SCC(=O)c2cc(C)n(CCOC)c2C)nnc1-c1ccncc1. The molecule has 0 fully saturated rings. The molecule has 0 saturated carbocycles. The highest BCUT2D eigenvalue weighted by Gasteiger charge is 2.18. The lowest BCUT2D eigenvalue weighted by Crippen LogP contribution is -2.10. The van der Waals surface area contributed by atoms with Crippen LogP contribution in [-0.2, 0) is 17.8 Å². The Balaban J connectivity index is 1.74. The Morgan fingerprint density at radius 3 is 2.61 bits per heavy atom. The number of Topliss-reactive ketones (excluding diaryl/α,β-unsaturated/α-hetero) is 1. The first-order valence-electron chi connectivity index (χ1n) is 9.22. The fraction of sp³-hybridized carbons (Fsp3) is 0.400. The summed E-state index contributed by atoms with van der Waals surface area (Å²) in [5.74, 6) is 1.21. The molecule has 0 atom stereocenters. The summed E-state index contributed by atoms with van der Waals surface area (Å²) in [6.45, 7) is 8.14. The van der Waals surface area contributed by atoms with E-state index in [0.717, 1.165) is 46.6 Å². The normalized spacial score (nSPS) is 11.1. The number of ether oxygens (including phenoxy) is 1. The summed E-state index contributed by atoms with van der Waals surface area (Å²) >= 11 is 1.42. The van der Waals surface area contributed by atoms with Gasteiger partial charge in [0.2, 0.25) is 0 Å². The molecule has 3 heterocycles. The molecule has 0 unspecified atom stereocenters. The molecular formula is C20H25N5O2S. The van der Waals surface area contributed by atoms with E-state index in [1.165, 1.54) is 11.8 Å². The van der Waals surface area contributed by atoms with Crippen LogP contribution < -0.4 is 0 Å². The summed E-state index contributed by atoms with van der Waals surface area (Å²) in [6.07, 6.45) is 3.47. The number of hydrogen-bond acceptors (Lipinski definition) is 6. The van der Waals surface area contributed by atoms with Gasteiger partial charge in [0.15, 0.2) is 16.8 Å². The monoisotopic (exact) mass is 399 g/mol. The maximum Gasteiger partial charge on any atom is 0.191 e. The minimum absolute atomic E-state index is 0.0953. The maximum atomic E-state index is 12.8. The standard InChI is InChI=1S/C20H25N5O2S/c1-5-24-19(16-6-8-21-9-7-16)22-23-20(24)28-13-18(26)17-12-14(2)25(15(17)3)10-11-27-4/h6-9,12H,5,10-11,13H2,1-4H3. The summed E-state index contributed by atoms with van der Waals surface area (Å²) in [7, 11) is 1.68. The molecule has 0 aliphatic heterocycles. The number of rotatable bonds is 9. The van der Waals surface area contributed by atoms with Gasteiger partial charge in [0.25, 0.3) is 0 Å². The van der Waals surface area contributed by atoms with Gasteiger partial charge in [-0.3, -0.25) is 9.78 Å². The molecule has 0 spiro atoms. The van der Waals surface area contributed by atoms with Crippen molar-refractivity contribution in [3.8, 4) is 11.4 Å². The molecule has 0 radical (unpaired) electrons. The molecule has 3 rings (SSSR count). The number of carbonyl (C=O) groups is 1. The number of thioether (sulfide) groups is 1. The minimum atomic E-state index is 0.0953. The number of hydrogen-bond donors (Lipinski definition) is 0. The Kier molecular flexibility index (Phi) is 6.64. The molecule has 0 bridgehead atoms. The van der Waals surface area contributed by atoms with Crippen LogP contribution in [0.3, 0.4) is 0 Å². The average Bonchev–Trinajstić information content (AvgIpc) is 3.25. The number of carbonyl (C=O) groups excluding carboxylic acids is 1. The van der Waals surface area contributed by atoms with Crippen LogP contribution in [0.4, 0.5) is 0 Å². The summed E-state index contributed by atoms with van der Waals surface area (Å²) in [6, 6.07) is 5.77. The van der Waals surface area contributed by atoms with E-state index in [0.29, 0.717) is 12.4 Å². The van der Waals surface area contributed by atoms with Gasteiger partial charge in [-0.1, -0.05) is 11.8 Å². The van der Waals surface area contributed by atoms with E-state index in [1.54, 1.807) is 19.5 Å². The molecular weight excluding hydrogens is 374 g/mol. The smallest absolute Gasteiger partial charge is 0.191 e. The van der Waals surface area contributed by atoms with Gasteiger partial charge >= 0.3 is 0 Å². The Hall–Kier alpha value is -2.45. The van der Waals surface area contributed by atoms with Crippen molar-refractivity contribution in [2.24, 2.45) is 0 Å². The number of nitrogens with zero attached hydrogens (tertiary/aromatic N) is 5. The van der Waals surface area contributed by atoms with Gasteiger partial charge in [-0.2, -0.15) is 0 Å². The molecule has 3 aromatic heterocycles. The second kappa shape index (κ2) is 9.16. The Bertz CT molecular complexity index is 949. The van der Waals surface area contributed by atoms with Crippen molar-refractivity contribution >= 4 is 17.5 Å². The Labute approximate surface area is 169 Å². The van der Waals surface area contributed by atoms with Gasteiger partial charge in [0.05, 0.1) is 12.4 Å². The number of methoxy groups -OCH3 is 1. The lowest BCUT2D eigenvalue weighted by molar-refractivity contribution is 0.102. The molecule has 148 valence electrons. The molecule has 0 aliphatic carbocycles. The molecule has 0 N–H and O–H groups in total. The summed E-state index contributed by atoms with van der Waals surface area (Å²) in [4.78, 5) is 16.9. The van der Waals surface area contributed by atoms with E-state index in [9.17, 15) is 4.79 Å². The summed E-state index contributed by atoms with van der Waals surface area (Å²) in [5.41, 5.74) is 3.77. The Morgan fingerprint density at radius 2 is 1.93 bits per heavy atom.